The van der Waals surface area contributed by atoms with E-state index in [1.165, 1.54) is 6.92 Å². The summed E-state index contributed by atoms with van der Waals surface area (Å²) in [5.41, 5.74) is -2.94. The predicted octanol–water partition coefficient (Wildman–Crippen LogP) is 1.42. The number of ether oxygens (including phenoxy) is 7. The van der Waals surface area contributed by atoms with E-state index in [1.807, 2.05) is 0 Å². The maximum absolute atomic E-state index is 12.8. The number of esters is 3. The van der Waals surface area contributed by atoms with Crippen molar-refractivity contribution >= 4 is 35.6 Å². The Morgan fingerprint density at radius 1 is 0.737 bits per heavy atom. The van der Waals surface area contributed by atoms with Crippen LogP contribution in [0.5, 0.6) is 0 Å². The summed E-state index contributed by atoms with van der Waals surface area (Å²) in [6.07, 6.45) is -1.71. The van der Waals surface area contributed by atoms with Gasteiger partial charge in [-0.15, -0.1) is 0 Å². The Bertz CT molecular complexity index is 831. The molecule has 0 aliphatic carbocycles. The van der Waals surface area contributed by atoms with Crippen LogP contribution >= 0.6 is 0 Å². The maximum Gasteiger partial charge on any atom is 0.508 e. The van der Waals surface area contributed by atoms with Gasteiger partial charge in [0.05, 0.1) is 0 Å². The van der Waals surface area contributed by atoms with Crippen molar-refractivity contribution in [1.29, 1.82) is 0 Å². The third-order valence-corrected chi connectivity index (χ3v) is 5.23. The van der Waals surface area contributed by atoms with E-state index >= 15 is 0 Å². The first-order valence-corrected chi connectivity index (χ1v) is 12.0. The van der Waals surface area contributed by atoms with E-state index < -0.39 is 72.8 Å². The summed E-state index contributed by atoms with van der Waals surface area (Å²) in [7, 11) is 0. The highest BCUT2D eigenvalue weighted by Crippen LogP contribution is 2.22. The Labute approximate surface area is 221 Å². The molecule has 0 saturated carbocycles. The summed E-state index contributed by atoms with van der Waals surface area (Å²) < 4.78 is 35.0. The van der Waals surface area contributed by atoms with Gasteiger partial charge in [0.25, 0.3) is 0 Å². The van der Waals surface area contributed by atoms with E-state index in [1.54, 1.807) is 41.5 Å². The molecule has 0 aromatic rings. The summed E-state index contributed by atoms with van der Waals surface area (Å²) in [6.45, 7) is 8.36. The van der Waals surface area contributed by atoms with Crippen LogP contribution in [0.2, 0.25) is 0 Å². The topological polar surface area (TPSA) is 167 Å². The van der Waals surface area contributed by atoms with E-state index in [2.05, 4.69) is 4.74 Å². The Balaban J connectivity index is 2.67. The van der Waals surface area contributed by atoms with Crippen molar-refractivity contribution in [2.24, 2.45) is 16.2 Å². The molecule has 0 spiro atoms. The predicted molar refractivity (Wildman–Crippen MR) is 128 cm³/mol. The molecule has 1 rings (SSSR count). The van der Waals surface area contributed by atoms with Crippen LogP contribution in [0.4, 0.5) is 4.79 Å². The number of Topliss-reactive ketones (excluding diaryl/α,β-unsaturated/α-hetero) is 2. The largest absolute Gasteiger partial charge is 0.508 e. The highest BCUT2D eigenvalue weighted by Gasteiger charge is 2.40. The van der Waals surface area contributed by atoms with Crippen LogP contribution in [-0.2, 0) is 57.1 Å². The number of cyclic esters (lactones) is 2. The van der Waals surface area contributed by atoms with Crippen molar-refractivity contribution in [3.63, 3.8) is 0 Å². The van der Waals surface area contributed by atoms with Gasteiger partial charge in [-0.3, -0.25) is 14.4 Å². The fourth-order valence-electron chi connectivity index (χ4n) is 2.40. The summed E-state index contributed by atoms with van der Waals surface area (Å²) in [5, 5.41) is 0. The molecule has 0 bridgehead atoms. The molecule has 13 nitrogen and oxygen atoms in total. The lowest BCUT2D eigenvalue weighted by atomic mass is 9.91. The van der Waals surface area contributed by atoms with Crippen LogP contribution in [0.15, 0.2) is 0 Å². The molecule has 1 unspecified atom stereocenters. The van der Waals surface area contributed by atoms with E-state index in [0.29, 0.717) is 0 Å². The van der Waals surface area contributed by atoms with Crippen LogP contribution < -0.4 is 0 Å². The van der Waals surface area contributed by atoms with Gasteiger partial charge in [0, 0.05) is 10.8 Å². The second-order valence-corrected chi connectivity index (χ2v) is 11.1. The third-order valence-electron chi connectivity index (χ3n) is 5.23. The van der Waals surface area contributed by atoms with Gasteiger partial charge >= 0.3 is 24.1 Å². The minimum atomic E-state index is -1.66. The minimum absolute atomic E-state index is 0.109. The van der Waals surface area contributed by atoms with Crippen LogP contribution in [-0.4, -0.2) is 94.6 Å². The molecule has 38 heavy (non-hydrogen) atoms. The van der Waals surface area contributed by atoms with Gasteiger partial charge in [0.1, 0.15) is 58.3 Å². The summed E-state index contributed by atoms with van der Waals surface area (Å²) in [4.78, 5) is 71.9. The van der Waals surface area contributed by atoms with Crippen molar-refractivity contribution in [3.05, 3.63) is 0 Å². The standard InChI is InChI=1S/C25H38O13/c1-23(2,3)17(26)10-32-12-19(28)36-14-25(7,21(30)34-8-16-9-35-22(31)38-16)15-37-20(29)13-33-11-18(27)24(4,5)6/h16H,8-15H2,1-7H3. The maximum atomic E-state index is 12.8. The second kappa shape index (κ2) is 14.2. The number of hydrogen-bond acceptors (Lipinski definition) is 13. The summed E-state index contributed by atoms with van der Waals surface area (Å²) in [5.74, 6) is -3.06. The highest BCUT2D eigenvalue weighted by molar-refractivity contribution is 5.85. The van der Waals surface area contributed by atoms with Gasteiger partial charge in [-0.1, -0.05) is 41.5 Å². The summed E-state index contributed by atoms with van der Waals surface area (Å²) >= 11 is 0. The van der Waals surface area contributed by atoms with Gasteiger partial charge in [-0.2, -0.15) is 0 Å². The van der Waals surface area contributed by atoms with Gasteiger partial charge in [0.2, 0.25) is 0 Å². The van der Waals surface area contributed by atoms with Crippen LogP contribution in [0, 0.1) is 16.2 Å². The van der Waals surface area contributed by atoms with Gasteiger partial charge in [-0.25, -0.2) is 14.4 Å². The van der Waals surface area contributed by atoms with E-state index in [0.717, 1.165) is 0 Å². The third kappa shape index (κ3) is 12.0. The first kappa shape index (κ1) is 33.0. The number of rotatable bonds is 15. The fourth-order valence-corrected chi connectivity index (χ4v) is 2.40. The first-order valence-electron chi connectivity index (χ1n) is 12.0. The number of carbonyl (C=O) groups is 6. The molecule has 1 atom stereocenters. The van der Waals surface area contributed by atoms with E-state index in [4.69, 9.17) is 28.4 Å². The molecule has 0 radical (unpaired) electrons. The molecule has 216 valence electrons. The normalized spacial score (nSPS) is 15.8. The lowest BCUT2D eigenvalue weighted by Gasteiger charge is -2.27. The van der Waals surface area contributed by atoms with Crippen molar-refractivity contribution in [2.45, 2.75) is 54.6 Å². The fraction of sp³-hybridized carbons (Fsp3) is 0.760. The molecule has 0 N–H and O–H groups in total. The van der Waals surface area contributed by atoms with Crippen molar-refractivity contribution in [3.8, 4) is 0 Å². The second-order valence-electron chi connectivity index (χ2n) is 11.1. The average Bonchev–Trinajstić information content (AvgIpc) is 3.23. The number of carbonyl (C=O) groups excluding carboxylic acids is 6. The quantitative estimate of drug-likeness (QED) is 0.214. The Kier molecular flexibility index (Phi) is 12.3. The molecular weight excluding hydrogens is 508 g/mol. The van der Waals surface area contributed by atoms with Crippen molar-refractivity contribution in [1.82, 2.24) is 0 Å². The Hall–Kier alpha value is -3.06. The Morgan fingerprint density at radius 2 is 1.18 bits per heavy atom. The molecule has 1 fully saturated rings. The smallest absolute Gasteiger partial charge is 0.463 e. The highest BCUT2D eigenvalue weighted by atomic mass is 16.8. The first-order chi connectivity index (χ1) is 17.4. The minimum Gasteiger partial charge on any atom is -0.463 e. The lowest BCUT2D eigenvalue weighted by Crippen LogP contribution is -2.42. The zero-order valence-corrected chi connectivity index (χ0v) is 23.0. The number of ketones is 2. The van der Waals surface area contributed by atoms with E-state index in [9.17, 15) is 28.8 Å². The van der Waals surface area contributed by atoms with Crippen LogP contribution in [0.3, 0.4) is 0 Å². The lowest BCUT2D eigenvalue weighted by molar-refractivity contribution is -0.174. The molecule has 1 heterocycles. The monoisotopic (exact) mass is 546 g/mol. The van der Waals surface area contributed by atoms with Crippen LogP contribution in [0.25, 0.3) is 0 Å². The number of hydrogen-bond donors (Lipinski definition) is 0. The summed E-state index contributed by atoms with van der Waals surface area (Å²) in [6, 6.07) is 0. The van der Waals surface area contributed by atoms with Crippen molar-refractivity contribution in [2.75, 3.05) is 52.9 Å². The SMILES string of the molecule is CC(C)(C)C(=O)COCC(=O)OCC(C)(COC(=O)COCC(=O)C(C)(C)C)C(=O)OCC1COC(=O)O1. The van der Waals surface area contributed by atoms with Crippen molar-refractivity contribution < 1.29 is 61.9 Å². The molecule has 0 amide bonds. The molecule has 0 aromatic carbocycles. The molecule has 1 saturated heterocycles. The van der Waals surface area contributed by atoms with Gasteiger partial charge in [0.15, 0.2) is 17.7 Å². The molecular formula is C25H38O13. The average molecular weight is 547 g/mol. The van der Waals surface area contributed by atoms with Gasteiger partial charge < -0.3 is 33.2 Å². The van der Waals surface area contributed by atoms with E-state index in [-0.39, 0.29) is 38.0 Å². The van der Waals surface area contributed by atoms with Gasteiger partial charge in [-0.05, 0) is 6.92 Å². The molecule has 13 heteroatoms. The zero-order valence-electron chi connectivity index (χ0n) is 23.0. The molecule has 0 aromatic heterocycles. The zero-order chi connectivity index (χ0) is 29.1. The molecule has 1 aliphatic heterocycles. The molecule has 1 aliphatic rings. The van der Waals surface area contributed by atoms with Crippen LogP contribution in [0.1, 0.15) is 48.5 Å². The Morgan fingerprint density at radius 3 is 1.55 bits per heavy atom.